The highest BCUT2D eigenvalue weighted by atomic mass is 32.2. The van der Waals surface area contributed by atoms with Crippen molar-refractivity contribution in [2.24, 2.45) is 0 Å². The van der Waals surface area contributed by atoms with Crippen molar-refractivity contribution in [3.8, 4) is 0 Å². The molecule has 0 saturated carbocycles. The lowest BCUT2D eigenvalue weighted by Gasteiger charge is -2.20. The zero-order valence-corrected chi connectivity index (χ0v) is 30.7. The molecule has 2 unspecified atom stereocenters. The molecule has 0 spiro atoms. The zero-order valence-electron chi connectivity index (χ0n) is 29.9. The molecule has 0 radical (unpaired) electrons. The third kappa shape index (κ3) is 34.9. The lowest BCUT2D eigenvalue weighted by atomic mass is 10.0. The first-order valence-electron chi connectivity index (χ1n) is 18.6. The molecule has 0 heterocycles. The standard InChI is InChI=1S/C40H69NO5S/c1-3-5-7-9-11-13-15-17-19-20-22-23-25-27-29-31-33-35-39(42)38(37-47(44,45)46)41-40(43)36-34-32-30-28-26-24-21-18-16-14-12-10-8-6-4-2/h6,8,12,14,18,21,26,28,32-35,38-39,42H,3-5,7,9-11,13,15-17,19-20,22-25,27,29-31,36-37H2,1-2H3,(H,41,43)(H,44,45,46)/b8-6-,14-12-,21-18-,28-26-,34-32-,35-33+. The molecule has 0 aliphatic heterocycles. The first kappa shape index (κ1) is 44.8. The van der Waals surface area contributed by atoms with Crippen molar-refractivity contribution in [3.63, 3.8) is 0 Å². The van der Waals surface area contributed by atoms with Gasteiger partial charge in [-0.15, -0.1) is 0 Å². The van der Waals surface area contributed by atoms with E-state index < -0.39 is 33.9 Å². The molecule has 0 rings (SSSR count). The van der Waals surface area contributed by atoms with Gasteiger partial charge in [0.1, 0.15) is 0 Å². The van der Waals surface area contributed by atoms with Gasteiger partial charge in [-0.1, -0.05) is 177 Å². The van der Waals surface area contributed by atoms with Gasteiger partial charge in [0.2, 0.25) is 5.91 Å². The van der Waals surface area contributed by atoms with E-state index in [-0.39, 0.29) is 6.42 Å². The van der Waals surface area contributed by atoms with E-state index in [0.717, 1.165) is 44.9 Å². The summed E-state index contributed by atoms with van der Waals surface area (Å²) in [7, 11) is -4.37. The summed E-state index contributed by atoms with van der Waals surface area (Å²) in [6.45, 7) is 4.39. The quantitative estimate of drug-likeness (QED) is 0.0374. The van der Waals surface area contributed by atoms with Gasteiger partial charge in [-0.25, -0.2) is 0 Å². The second-order valence-electron chi connectivity index (χ2n) is 12.5. The lowest BCUT2D eigenvalue weighted by molar-refractivity contribution is -0.121. The fourth-order valence-electron chi connectivity index (χ4n) is 5.16. The molecule has 0 aromatic carbocycles. The summed E-state index contributed by atoms with van der Waals surface area (Å²) in [5.41, 5.74) is 0. The molecule has 0 aromatic heterocycles. The highest BCUT2D eigenvalue weighted by Gasteiger charge is 2.24. The summed E-state index contributed by atoms with van der Waals surface area (Å²) in [4.78, 5) is 12.4. The third-order valence-electron chi connectivity index (χ3n) is 7.92. The molecule has 0 aliphatic carbocycles. The Morgan fingerprint density at radius 2 is 1.00 bits per heavy atom. The Hall–Kier alpha value is -2.22. The highest BCUT2D eigenvalue weighted by Crippen LogP contribution is 2.14. The van der Waals surface area contributed by atoms with E-state index in [9.17, 15) is 22.9 Å². The van der Waals surface area contributed by atoms with Crippen LogP contribution in [-0.4, -0.2) is 41.9 Å². The average Bonchev–Trinajstić information content (AvgIpc) is 3.03. The number of carbonyl (C=O) groups excluding carboxylic acids is 1. The van der Waals surface area contributed by atoms with E-state index in [1.54, 1.807) is 6.08 Å². The average molecular weight is 676 g/mol. The maximum atomic E-state index is 12.4. The Bertz CT molecular complexity index is 1010. The molecule has 3 N–H and O–H groups in total. The minimum absolute atomic E-state index is 0.0606. The largest absolute Gasteiger partial charge is 0.387 e. The zero-order chi connectivity index (χ0) is 34.7. The van der Waals surface area contributed by atoms with E-state index in [2.05, 4.69) is 61.7 Å². The van der Waals surface area contributed by atoms with Gasteiger partial charge in [-0.05, 0) is 44.9 Å². The maximum absolute atomic E-state index is 12.4. The van der Waals surface area contributed by atoms with E-state index in [4.69, 9.17) is 0 Å². The van der Waals surface area contributed by atoms with Crippen LogP contribution in [0.2, 0.25) is 0 Å². The van der Waals surface area contributed by atoms with E-state index in [0.29, 0.717) is 6.42 Å². The Balaban J connectivity index is 4.13. The fraction of sp³-hybridized carbons (Fsp3) is 0.675. The Morgan fingerprint density at radius 1 is 0.596 bits per heavy atom. The van der Waals surface area contributed by atoms with Gasteiger partial charge < -0.3 is 10.4 Å². The van der Waals surface area contributed by atoms with Gasteiger partial charge in [0, 0.05) is 6.42 Å². The number of carbonyl (C=O) groups is 1. The topological polar surface area (TPSA) is 104 Å². The molecule has 6 nitrogen and oxygen atoms in total. The molecule has 0 bridgehead atoms. The van der Waals surface area contributed by atoms with Crippen LogP contribution in [0.3, 0.4) is 0 Å². The van der Waals surface area contributed by atoms with Gasteiger partial charge in [-0.3, -0.25) is 9.35 Å². The van der Waals surface area contributed by atoms with Crippen LogP contribution in [0.1, 0.15) is 155 Å². The van der Waals surface area contributed by atoms with Crippen LogP contribution in [0.5, 0.6) is 0 Å². The van der Waals surface area contributed by atoms with Crippen LogP contribution < -0.4 is 5.32 Å². The van der Waals surface area contributed by atoms with Crippen molar-refractivity contribution in [1.29, 1.82) is 0 Å². The van der Waals surface area contributed by atoms with E-state index in [1.807, 2.05) is 18.2 Å². The summed E-state index contributed by atoms with van der Waals surface area (Å²) in [6.07, 6.45) is 47.6. The minimum atomic E-state index is -4.37. The molecule has 0 saturated heterocycles. The molecule has 2 atom stereocenters. The van der Waals surface area contributed by atoms with Gasteiger partial charge >= 0.3 is 0 Å². The number of aliphatic hydroxyl groups is 1. The van der Waals surface area contributed by atoms with Gasteiger partial charge in [0.25, 0.3) is 10.1 Å². The lowest BCUT2D eigenvalue weighted by Crippen LogP contribution is -2.46. The Labute approximate surface area is 289 Å². The number of aliphatic hydroxyl groups excluding tert-OH is 1. The molecule has 0 aliphatic rings. The number of hydrogen-bond acceptors (Lipinski definition) is 4. The summed E-state index contributed by atoms with van der Waals surface area (Å²) < 4.78 is 32.4. The van der Waals surface area contributed by atoms with Crippen LogP contribution in [0.25, 0.3) is 0 Å². The second-order valence-corrected chi connectivity index (χ2v) is 14.0. The molecular formula is C40H69NO5S. The van der Waals surface area contributed by atoms with Crippen LogP contribution in [0.4, 0.5) is 0 Å². The predicted molar refractivity (Wildman–Crippen MR) is 202 cm³/mol. The van der Waals surface area contributed by atoms with Crippen molar-refractivity contribution >= 4 is 16.0 Å². The molecular weight excluding hydrogens is 607 g/mol. The van der Waals surface area contributed by atoms with E-state index in [1.165, 1.54) is 89.5 Å². The maximum Gasteiger partial charge on any atom is 0.267 e. The van der Waals surface area contributed by atoms with Gasteiger partial charge in [0.05, 0.1) is 17.9 Å². The van der Waals surface area contributed by atoms with Crippen LogP contribution >= 0.6 is 0 Å². The van der Waals surface area contributed by atoms with Crippen molar-refractivity contribution in [3.05, 3.63) is 72.9 Å². The Kier molecular flexibility index (Phi) is 32.1. The van der Waals surface area contributed by atoms with Gasteiger partial charge in [-0.2, -0.15) is 8.42 Å². The number of nitrogens with one attached hydrogen (secondary N) is 1. The summed E-state index contributed by atoms with van der Waals surface area (Å²) >= 11 is 0. The van der Waals surface area contributed by atoms with E-state index >= 15 is 0 Å². The number of rotatable bonds is 32. The molecule has 7 heteroatoms. The fourth-order valence-corrected chi connectivity index (χ4v) is 5.90. The second kappa shape index (κ2) is 33.7. The summed E-state index contributed by atoms with van der Waals surface area (Å²) in [6, 6.07) is -1.11. The summed E-state index contributed by atoms with van der Waals surface area (Å²) in [5.74, 6) is -1.15. The first-order valence-corrected chi connectivity index (χ1v) is 20.2. The number of amides is 1. The first-order chi connectivity index (χ1) is 22.8. The third-order valence-corrected chi connectivity index (χ3v) is 8.70. The summed E-state index contributed by atoms with van der Waals surface area (Å²) in [5, 5.41) is 13.1. The van der Waals surface area contributed by atoms with Gasteiger partial charge in [0.15, 0.2) is 0 Å². The molecule has 0 aromatic rings. The van der Waals surface area contributed by atoms with Crippen molar-refractivity contribution in [2.45, 2.75) is 167 Å². The molecule has 1 amide bonds. The SMILES string of the molecule is CC/C=C\C/C=C\C/C=C\C/C=C\C/C=C\CC(=O)NC(CS(=O)(=O)O)C(O)/C=C/CCCCCCCCCCCCCCCCC. The van der Waals surface area contributed by atoms with Crippen molar-refractivity contribution < 1.29 is 22.9 Å². The smallest absolute Gasteiger partial charge is 0.267 e. The highest BCUT2D eigenvalue weighted by molar-refractivity contribution is 7.85. The number of unbranched alkanes of at least 4 members (excludes halogenated alkanes) is 15. The van der Waals surface area contributed by atoms with Crippen LogP contribution in [-0.2, 0) is 14.9 Å². The van der Waals surface area contributed by atoms with Crippen LogP contribution in [0.15, 0.2) is 72.9 Å². The van der Waals surface area contributed by atoms with Crippen LogP contribution in [0, 0.1) is 0 Å². The number of allylic oxidation sites excluding steroid dienone is 10. The predicted octanol–water partition coefficient (Wildman–Crippen LogP) is 10.7. The van der Waals surface area contributed by atoms with Crippen molar-refractivity contribution in [2.75, 3.05) is 5.75 Å². The number of hydrogen-bond donors (Lipinski definition) is 3. The van der Waals surface area contributed by atoms with Crippen molar-refractivity contribution in [1.82, 2.24) is 5.32 Å². The Morgan fingerprint density at radius 3 is 1.43 bits per heavy atom. The molecule has 270 valence electrons. The minimum Gasteiger partial charge on any atom is -0.387 e. The molecule has 0 fully saturated rings. The monoisotopic (exact) mass is 675 g/mol. The normalized spacial score (nSPS) is 14.2. The molecule has 47 heavy (non-hydrogen) atoms.